The summed E-state index contributed by atoms with van der Waals surface area (Å²) in [5.74, 6) is -0.284. The van der Waals surface area contributed by atoms with E-state index in [4.69, 9.17) is 5.11 Å². The largest absolute Gasteiger partial charge is 0.465 e. The fourth-order valence-electron chi connectivity index (χ4n) is 3.99. The van der Waals surface area contributed by atoms with Crippen molar-refractivity contribution in [1.82, 2.24) is 20.2 Å². The van der Waals surface area contributed by atoms with Gasteiger partial charge in [0.1, 0.15) is 5.82 Å². The second-order valence-electron chi connectivity index (χ2n) is 7.52. The molecule has 0 saturated heterocycles. The van der Waals surface area contributed by atoms with E-state index in [1.54, 1.807) is 36.4 Å². The fraction of sp³-hybridized carbons (Fsp3) is 0.130. The third kappa shape index (κ3) is 3.53. The van der Waals surface area contributed by atoms with Crippen molar-refractivity contribution in [2.75, 3.05) is 5.32 Å². The second-order valence-corrected chi connectivity index (χ2v) is 7.52. The highest BCUT2D eigenvalue weighted by molar-refractivity contribution is 5.87. The minimum absolute atomic E-state index is 0.0980. The van der Waals surface area contributed by atoms with Crippen molar-refractivity contribution in [2.24, 2.45) is 0 Å². The van der Waals surface area contributed by atoms with Gasteiger partial charge in [-0.25, -0.2) is 19.3 Å². The summed E-state index contributed by atoms with van der Waals surface area (Å²) >= 11 is 0. The minimum Gasteiger partial charge on any atom is -0.465 e. The van der Waals surface area contributed by atoms with Crippen molar-refractivity contribution in [1.29, 1.82) is 0 Å². The number of halogens is 1. The Hall–Kier alpha value is -4.27. The molecule has 0 spiro atoms. The molecule has 0 aliphatic heterocycles. The zero-order valence-electron chi connectivity index (χ0n) is 16.8. The number of rotatable bonds is 4. The summed E-state index contributed by atoms with van der Waals surface area (Å²) < 4.78 is 15.5. The van der Waals surface area contributed by atoms with Crippen LogP contribution in [0.25, 0.3) is 34.3 Å². The van der Waals surface area contributed by atoms with Crippen LogP contribution in [0.4, 0.5) is 15.1 Å². The SMILES string of the molecule is O=C(O)Nc1nc2cc(-c3cccc(Cc4n[nH]c(=O)c5c4=CCCC=5)c3F)ccc2[nH]1. The molecular formula is C23H18FN5O3. The molecule has 2 heterocycles. The molecule has 160 valence electrons. The van der Waals surface area contributed by atoms with Gasteiger partial charge in [0.05, 0.1) is 16.7 Å². The van der Waals surface area contributed by atoms with Gasteiger partial charge in [0.15, 0.2) is 0 Å². The van der Waals surface area contributed by atoms with Crippen molar-refractivity contribution in [2.45, 2.75) is 19.3 Å². The van der Waals surface area contributed by atoms with Crippen molar-refractivity contribution in [3.63, 3.8) is 0 Å². The number of amides is 1. The van der Waals surface area contributed by atoms with Gasteiger partial charge in [0.2, 0.25) is 5.95 Å². The van der Waals surface area contributed by atoms with Crippen LogP contribution in [0.15, 0.2) is 41.2 Å². The predicted octanol–water partition coefficient (Wildman–Crippen LogP) is 2.49. The lowest BCUT2D eigenvalue weighted by atomic mass is 9.98. The van der Waals surface area contributed by atoms with E-state index in [2.05, 4.69) is 25.5 Å². The first-order valence-corrected chi connectivity index (χ1v) is 10.0. The van der Waals surface area contributed by atoms with Crippen LogP contribution in [-0.2, 0) is 6.42 Å². The molecule has 0 radical (unpaired) electrons. The Morgan fingerprint density at radius 3 is 2.78 bits per heavy atom. The van der Waals surface area contributed by atoms with Gasteiger partial charge < -0.3 is 10.1 Å². The van der Waals surface area contributed by atoms with E-state index in [1.807, 2.05) is 12.2 Å². The van der Waals surface area contributed by atoms with Gasteiger partial charge in [-0.2, -0.15) is 5.10 Å². The van der Waals surface area contributed by atoms with Crippen LogP contribution in [0.1, 0.15) is 24.1 Å². The van der Waals surface area contributed by atoms with Crippen molar-refractivity contribution < 1.29 is 14.3 Å². The maximum Gasteiger partial charge on any atom is 0.411 e. The molecule has 8 nitrogen and oxygen atoms in total. The highest BCUT2D eigenvalue weighted by Crippen LogP contribution is 2.28. The van der Waals surface area contributed by atoms with E-state index in [1.165, 1.54) is 0 Å². The van der Waals surface area contributed by atoms with Crippen LogP contribution >= 0.6 is 0 Å². The van der Waals surface area contributed by atoms with Crippen LogP contribution in [0.2, 0.25) is 0 Å². The number of imidazole rings is 1. The first-order valence-electron chi connectivity index (χ1n) is 10.0. The molecule has 1 aliphatic carbocycles. The second kappa shape index (κ2) is 7.77. The summed E-state index contributed by atoms with van der Waals surface area (Å²) in [6.07, 6.45) is 4.48. The monoisotopic (exact) mass is 431 g/mol. The molecule has 2 aromatic heterocycles. The average Bonchev–Trinajstić information content (AvgIpc) is 3.18. The number of benzene rings is 2. The lowest BCUT2D eigenvalue weighted by Gasteiger charge is -2.10. The number of nitrogens with one attached hydrogen (secondary N) is 3. The molecule has 0 bridgehead atoms. The number of H-pyrrole nitrogens is 2. The molecule has 32 heavy (non-hydrogen) atoms. The van der Waals surface area contributed by atoms with Crippen LogP contribution < -0.4 is 21.3 Å². The number of fused-ring (bicyclic) bond motifs is 2. The van der Waals surface area contributed by atoms with E-state index in [-0.39, 0.29) is 23.7 Å². The molecular weight excluding hydrogens is 413 g/mol. The number of aromatic amines is 2. The molecule has 1 amide bonds. The van der Waals surface area contributed by atoms with Gasteiger partial charge in [0, 0.05) is 22.4 Å². The normalized spacial score (nSPS) is 12.7. The van der Waals surface area contributed by atoms with Gasteiger partial charge >= 0.3 is 6.09 Å². The van der Waals surface area contributed by atoms with Gasteiger partial charge in [0.25, 0.3) is 5.56 Å². The predicted molar refractivity (Wildman–Crippen MR) is 118 cm³/mol. The van der Waals surface area contributed by atoms with E-state index >= 15 is 4.39 Å². The highest BCUT2D eigenvalue weighted by atomic mass is 19.1. The quantitative estimate of drug-likeness (QED) is 0.395. The Morgan fingerprint density at radius 1 is 1.16 bits per heavy atom. The molecule has 4 N–H and O–H groups in total. The zero-order chi connectivity index (χ0) is 22.2. The first-order chi connectivity index (χ1) is 15.5. The third-order valence-electron chi connectivity index (χ3n) is 5.46. The molecule has 0 saturated carbocycles. The maximum absolute atomic E-state index is 15.5. The summed E-state index contributed by atoms with van der Waals surface area (Å²) in [7, 11) is 0. The van der Waals surface area contributed by atoms with Crippen LogP contribution in [0, 0.1) is 5.82 Å². The summed E-state index contributed by atoms with van der Waals surface area (Å²) in [6, 6.07) is 10.3. The van der Waals surface area contributed by atoms with Crippen LogP contribution in [0.3, 0.4) is 0 Å². The van der Waals surface area contributed by atoms with Gasteiger partial charge in [-0.3, -0.25) is 10.1 Å². The molecule has 0 unspecified atom stereocenters. The van der Waals surface area contributed by atoms with E-state index in [9.17, 15) is 9.59 Å². The smallest absolute Gasteiger partial charge is 0.411 e. The molecule has 5 rings (SSSR count). The summed E-state index contributed by atoms with van der Waals surface area (Å²) in [5.41, 5.74) is 2.99. The van der Waals surface area contributed by atoms with Gasteiger partial charge in [-0.05, 0) is 36.1 Å². The molecule has 2 aromatic carbocycles. The lowest BCUT2D eigenvalue weighted by molar-refractivity contribution is 0.209. The van der Waals surface area contributed by atoms with E-state index in [0.717, 1.165) is 18.1 Å². The maximum atomic E-state index is 15.5. The van der Waals surface area contributed by atoms with Crippen molar-refractivity contribution >= 4 is 35.2 Å². The van der Waals surface area contributed by atoms with Crippen LogP contribution in [-0.4, -0.2) is 31.4 Å². The molecule has 1 aliphatic rings. The first kappa shape index (κ1) is 19.7. The number of nitrogens with zero attached hydrogens (tertiary/aromatic N) is 2. The third-order valence-corrected chi connectivity index (χ3v) is 5.46. The standard InChI is InChI=1S/C23H18FN5O3/c24-20-13(11-18-15-5-1-2-6-16(15)21(30)29-28-18)4-3-7-14(20)12-8-9-17-19(10-12)26-22(25-17)27-23(31)32/h3-10H,1-2,11H2,(H,29,30)(H,31,32)(H2,25,26,27). The highest BCUT2D eigenvalue weighted by Gasteiger charge is 2.15. The number of aromatic nitrogens is 4. The number of hydrogen-bond acceptors (Lipinski definition) is 4. The van der Waals surface area contributed by atoms with Crippen LogP contribution in [0.5, 0.6) is 0 Å². The number of anilines is 1. The number of carboxylic acid groups (broad SMARTS) is 1. The molecule has 4 aromatic rings. The summed E-state index contributed by atoms with van der Waals surface area (Å²) in [5, 5.41) is 19.1. The Bertz CT molecular complexity index is 1550. The van der Waals surface area contributed by atoms with E-state index in [0.29, 0.717) is 38.6 Å². The number of hydrogen-bond donors (Lipinski definition) is 4. The topological polar surface area (TPSA) is 124 Å². The van der Waals surface area contributed by atoms with Gasteiger partial charge in [-0.1, -0.05) is 36.4 Å². The fourth-order valence-corrected chi connectivity index (χ4v) is 3.99. The van der Waals surface area contributed by atoms with Gasteiger partial charge in [-0.15, -0.1) is 0 Å². The lowest BCUT2D eigenvalue weighted by Crippen LogP contribution is -2.45. The number of carbonyl (C=O) groups is 1. The molecule has 0 atom stereocenters. The Labute approximate surface area is 180 Å². The van der Waals surface area contributed by atoms with Crippen molar-refractivity contribution in [3.8, 4) is 11.1 Å². The molecule has 0 fully saturated rings. The Balaban J connectivity index is 1.54. The zero-order valence-corrected chi connectivity index (χ0v) is 16.8. The minimum atomic E-state index is -1.23. The van der Waals surface area contributed by atoms with Crippen molar-refractivity contribution in [3.05, 3.63) is 74.3 Å². The van der Waals surface area contributed by atoms with E-state index < -0.39 is 6.09 Å². The Morgan fingerprint density at radius 2 is 1.97 bits per heavy atom. The molecule has 9 heteroatoms. The Kier molecular flexibility index (Phi) is 4.78. The summed E-state index contributed by atoms with van der Waals surface area (Å²) in [6.45, 7) is 0. The average molecular weight is 431 g/mol. The summed E-state index contributed by atoms with van der Waals surface area (Å²) in [4.78, 5) is 29.9.